The molecule has 1 aromatic rings. The third-order valence-electron chi connectivity index (χ3n) is 3.22. The van der Waals surface area contributed by atoms with Crippen molar-refractivity contribution in [3.63, 3.8) is 0 Å². The number of halogens is 1. The summed E-state index contributed by atoms with van der Waals surface area (Å²) < 4.78 is 32.5. The number of amides is 3. The zero-order valence-electron chi connectivity index (χ0n) is 15.6. The molecule has 29 heavy (non-hydrogen) atoms. The molecule has 0 aromatic heterocycles. The van der Waals surface area contributed by atoms with Gasteiger partial charge in [-0.15, -0.1) is 16.6 Å². The zero-order valence-corrected chi connectivity index (χ0v) is 17.2. The molecule has 14 heteroatoms. The first kappa shape index (κ1) is 24.1. The van der Waals surface area contributed by atoms with Crippen LogP contribution in [0.3, 0.4) is 0 Å². The van der Waals surface area contributed by atoms with Crippen LogP contribution in [0, 0.1) is 10.1 Å². The number of nitro benzene ring substituents is 1. The van der Waals surface area contributed by atoms with Gasteiger partial charge in [0.25, 0.3) is 21.6 Å². The van der Waals surface area contributed by atoms with E-state index in [1.54, 1.807) is 0 Å². The smallest absolute Gasteiger partial charge is 0.444 e. The van der Waals surface area contributed by atoms with Crippen LogP contribution in [-0.4, -0.2) is 58.8 Å². The number of carbonyl (C=O) groups is 3. The fourth-order valence-corrected chi connectivity index (χ4v) is 3.02. The van der Waals surface area contributed by atoms with E-state index in [4.69, 9.17) is 16.3 Å². The summed E-state index contributed by atoms with van der Waals surface area (Å²) in [4.78, 5) is 47.6. The van der Waals surface area contributed by atoms with Gasteiger partial charge in [-0.3, -0.25) is 14.9 Å². The number of hydrogen-bond acceptors (Lipinski definition) is 9. The van der Waals surface area contributed by atoms with Crippen molar-refractivity contribution in [1.29, 1.82) is 0 Å². The van der Waals surface area contributed by atoms with Gasteiger partial charge in [0, 0.05) is 17.7 Å². The fourth-order valence-electron chi connectivity index (χ4n) is 1.89. The Labute approximate surface area is 171 Å². The first-order valence-electron chi connectivity index (χ1n) is 8.09. The van der Waals surface area contributed by atoms with Gasteiger partial charge < -0.3 is 9.47 Å². The molecule has 1 atom stereocenters. The summed E-state index contributed by atoms with van der Waals surface area (Å²) >= 11 is 5.64. The molecule has 0 saturated heterocycles. The quantitative estimate of drug-likeness (QED) is 0.360. The average molecular weight is 452 g/mol. The Morgan fingerprint density at radius 2 is 1.59 bits per heavy atom. The highest BCUT2D eigenvalue weighted by Crippen LogP contribution is 2.21. The molecule has 0 aliphatic rings. The van der Waals surface area contributed by atoms with Crippen LogP contribution in [0.5, 0.6) is 0 Å². The van der Waals surface area contributed by atoms with Crippen molar-refractivity contribution in [3.8, 4) is 0 Å². The molecule has 0 unspecified atom stereocenters. The Hall–Kier alpha value is -2.93. The summed E-state index contributed by atoms with van der Waals surface area (Å²) in [6, 6.07) is 3.88. The number of ether oxygens (including phenoxy) is 2. The largest absolute Gasteiger partial charge is 0.448 e. The molecule has 12 nitrogen and oxygen atoms in total. The van der Waals surface area contributed by atoms with Gasteiger partial charge >= 0.3 is 12.2 Å². The summed E-state index contributed by atoms with van der Waals surface area (Å²) in [5, 5.41) is 10.7. The van der Waals surface area contributed by atoms with Gasteiger partial charge in [-0.1, -0.05) is 4.41 Å². The van der Waals surface area contributed by atoms with Crippen LogP contribution in [-0.2, 0) is 19.5 Å². The van der Waals surface area contributed by atoms with E-state index in [1.165, 1.54) is 13.8 Å². The topological polar surface area (TPSA) is 153 Å². The predicted molar refractivity (Wildman–Crippen MR) is 99.4 cm³/mol. The number of rotatable bonds is 6. The standard InChI is InChI=1S/C15H18ClN3O9S/c1-4-27-14(21)17(13(20)11-6-8-12(9-7-11)19(23)24)18(15(22)28-5-2)29(25,26)10(3)16/h6-10H,4-5H2,1-3H3/t10-/m1/s1. The molecule has 0 aliphatic heterocycles. The number of imide groups is 1. The Morgan fingerprint density at radius 1 is 1.10 bits per heavy atom. The lowest BCUT2D eigenvalue weighted by atomic mass is 10.2. The van der Waals surface area contributed by atoms with Crippen LogP contribution >= 0.6 is 11.6 Å². The number of carbonyl (C=O) groups excluding carboxylic acids is 3. The fraction of sp³-hybridized carbons (Fsp3) is 0.400. The van der Waals surface area contributed by atoms with Gasteiger partial charge in [-0.25, -0.2) is 18.0 Å². The van der Waals surface area contributed by atoms with Gasteiger partial charge in [-0.05, 0) is 32.9 Å². The van der Waals surface area contributed by atoms with E-state index < -0.39 is 37.7 Å². The normalized spacial score (nSPS) is 11.9. The van der Waals surface area contributed by atoms with Crippen molar-refractivity contribution in [1.82, 2.24) is 9.42 Å². The zero-order chi connectivity index (χ0) is 22.4. The number of benzene rings is 1. The monoisotopic (exact) mass is 451 g/mol. The molecule has 3 amide bonds. The Morgan fingerprint density at radius 3 is 2.00 bits per heavy atom. The number of non-ortho nitro benzene ring substituents is 1. The summed E-state index contributed by atoms with van der Waals surface area (Å²) in [5.41, 5.74) is -0.691. The molecule has 0 radical (unpaired) electrons. The third kappa shape index (κ3) is 5.54. The van der Waals surface area contributed by atoms with E-state index in [0.717, 1.165) is 31.2 Å². The van der Waals surface area contributed by atoms with Crippen LogP contribution < -0.4 is 0 Å². The second-order valence-electron chi connectivity index (χ2n) is 5.15. The second kappa shape index (κ2) is 10.0. The van der Waals surface area contributed by atoms with E-state index in [0.29, 0.717) is 0 Å². The molecule has 0 N–H and O–H groups in total. The number of hydrazine groups is 1. The highest BCUT2D eigenvalue weighted by atomic mass is 35.5. The number of hydrogen-bond donors (Lipinski definition) is 0. The Bertz CT molecular complexity index is 887. The van der Waals surface area contributed by atoms with Crippen LogP contribution in [0.2, 0.25) is 0 Å². The minimum absolute atomic E-state index is 0.0864. The summed E-state index contributed by atoms with van der Waals surface area (Å²) in [5.74, 6) is -1.31. The Balaban J connectivity index is 3.57. The van der Waals surface area contributed by atoms with Crippen LogP contribution in [0.15, 0.2) is 24.3 Å². The molecule has 1 rings (SSSR count). The van der Waals surface area contributed by atoms with Gasteiger partial charge in [0.15, 0.2) is 4.71 Å². The summed E-state index contributed by atoms with van der Waals surface area (Å²) in [7, 11) is -4.78. The van der Waals surface area contributed by atoms with Gasteiger partial charge in [0.2, 0.25) is 0 Å². The molecule has 0 spiro atoms. The van der Waals surface area contributed by atoms with Crippen molar-refractivity contribution in [2.45, 2.75) is 25.5 Å². The highest BCUT2D eigenvalue weighted by Gasteiger charge is 2.45. The summed E-state index contributed by atoms with van der Waals surface area (Å²) in [6.07, 6.45) is -3.06. The maximum Gasteiger partial charge on any atom is 0.444 e. The molecular formula is C15H18ClN3O9S. The predicted octanol–water partition coefficient (Wildman–Crippen LogP) is 2.48. The molecular weight excluding hydrogens is 434 g/mol. The lowest BCUT2D eigenvalue weighted by Crippen LogP contribution is -2.57. The third-order valence-corrected chi connectivity index (χ3v) is 5.51. The van der Waals surface area contributed by atoms with Crippen molar-refractivity contribution >= 4 is 45.4 Å². The maximum atomic E-state index is 12.9. The molecule has 0 saturated carbocycles. The first-order valence-corrected chi connectivity index (χ1v) is 10.0. The van der Waals surface area contributed by atoms with Crippen LogP contribution in [0.25, 0.3) is 0 Å². The van der Waals surface area contributed by atoms with Gasteiger partial charge in [-0.2, -0.15) is 0 Å². The SMILES string of the molecule is CCOC(=O)N(C(=O)c1ccc([N+](=O)[O-])cc1)N(C(=O)OCC)S(=O)(=O)[C@H](C)Cl. The minimum atomic E-state index is -4.78. The molecule has 0 bridgehead atoms. The number of nitrogens with zero attached hydrogens (tertiary/aromatic N) is 3. The minimum Gasteiger partial charge on any atom is -0.448 e. The van der Waals surface area contributed by atoms with Gasteiger partial charge in [0.1, 0.15) is 0 Å². The number of sulfonamides is 1. The van der Waals surface area contributed by atoms with Crippen molar-refractivity contribution in [2.24, 2.45) is 0 Å². The summed E-state index contributed by atoms with van der Waals surface area (Å²) in [6.45, 7) is 3.24. The molecule has 160 valence electrons. The van der Waals surface area contributed by atoms with Crippen LogP contribution in [0.1, 0.15) is 31.1 Å². The number of nitro groups is 1. The lowest BCUT2D eigenvalue weighted by Gasteiger charge is -2.31. The van der Waals surface area contributed by atoms with E-state index in [-0.39, 0.29) is 33.9 Å². The second-order valence-corrected chi connectivity index (χ2v) is 8.15. The molecule has 0 heterocycles. The molecule has 0 aliphatic carbocycles. The van der Waals surface area contributed by atoms with Gasteiger partial charge in [0.05, 0.1) is 18.1 Å². The van der Waals surface area contributed by atoms with Crippen molar-refractivity contribution in [2.75, 3.05) is 13.2 Å². The van der Waals surface area contributed by atoms with Crippen LogP contribution in [0.4, 0.5) is 15.3 Å². The lowest BCUT2D eigenvalue weighted by molar-refractivity contribution is -0.384. The average Bonchev–Trinajstić information content (AvgIpc) is 2.65. The van der Waals surface area contributed by atoms with E-state index in [2.05, 4.69) is 4.74 Å². The first-order chi connectivity index (χ1) is 13.5. The highest BCUT2D eigenvalue weighted by molar-refractivity contribution is 7.91. The van der Waals surface area contributed by atoms with Crippen molar-refractivity contribution < 1.29 is 37.2 Å². The van der Waals surface area contributed by atoms with E-state index >= 15 is 0 Å². The molecule has 1 aromatic carbocycles. The van der Waals surface area contributed by atoms with Crippen molar-refractivity contribution in [3.05, 3.63) is 39.9 Å². The van der Waals surface area contributed by atoms with E-state index in [1.807, 2.05) is 0 Å². The number of alkyl halides is 1. The Kier molecular flexibility index (Phi) is 8.33. The molecule has 0 fully saturated rings. The maximum absolute atomic E-state index is 12.9. The van der Waals surface area contributed by atoms with E-state index in [9.17, 15) is 32.9 Å².